The van der Waals surface area contributed by atoms with Crippen LogP contribution in [0.3, 0.4) is 0 Å². The second-order valence-electron chi connectivity index (χ2n) is 4.14. The minimum Gasteiger partial charge on any atom is -0.390 e. The number of anilines is 1. The van der Waals surface area contributed by atoms with Crippen LogP contribution in [0.25, 0.3) is 0 Å². The van der Waals surface area contributed by atoms with Crippen LogP contribution in [0.1, 0.15) is 0 Å². The smallest absolute Gasteiger partial charge is 0.268 e. The van der Waals surface area contributed by atoms with Crippen molar-refractivity contribution in [1.29, 1.82) is 0 Å². The molecule has 1 unspecified atom stereocenters. The monoisotopic (exact) mass is 273 g/mol. The number of aliphatic hydroxyl groups is 1. The summed E-state index contributed by atoms with van der Waals surface area (Å²) in [5.74, 6) is 0.0827. The molecule has 0 bridgehead atoms. The van der Waals surface area contributed by atoms with E-state index >= 15 is 0 Å². The Kier molecular flexibility index (Phi) is 4.57. The highest BCUT2D eigenvalue weighted by Gasteiger charge is 2.13. The fourth-order valence-corrected chi connectivity index (χ4v) is 1.90. The molecule has 1 fully saturated rings. The number of morpholine rings is 1. The maximum atomic E-state index is 11.8. The van der Waals surface area contributed by atoms with Crippen LogP contribution >= 0.6 is 11.6 Å². The quantitative estimate of drug-likeness (QED) is 0.762. The third-order valence-corrected chi connectivity index (χ3v) is 3.15. The number of halogens is 1. The average molecular weight is 274 g/mol. The molecule has 1 aromatic heterocycles. The minimum absolute atomic E-state index is 0.0827. The van der Waals surface area contributed by atoms with Gasteiger partial charge in [-0.25, -0.2) is 4.68 Å². The Morgan fingerprint density at radius 1 is 1.50 bits per heavy atom. The zero-order valence-corrected chi connectivity index (χ0v) is 10.7. The van der Waals surface area contributed by atoms with Gasteiger partial charge >= 0.3 is 0 Å². The van der Waals surface area contributed by atoms with Crippen molar-refractivity contribution in [2.45, 2.75) is 12.6 Å². The molecule has 1 saturated heterocycles. The van der Waals surface area contributed by atoms with E-state index in [1.165, 1.54) is 10.7 Å². The Balaban J connectivity index is 2.11. The Labute approximate surface area is 110 Å². The summed E-state index contributed by atoms with van der Waals surface area (Å²) >= 11 is 5.49. The summed E-state index contributed by atoms with van der Waals surface area (Å²) in [6.07, 6.45) is 0.874. The number of aromatic nitrogens is 2. The molecule has 0 aliphatic carbocycles. The van der Waals surface area contributed by atoms with E-state index in [1.807, 2.05) is 0 Å². The van der Waals surface area contributed by atoms with E-state index < -0.39 is 6.10 Å². The number of hydrogen-bond acceptors (Lipinski definition) is 5. The molecule has 1 N–H and O–H groups in total. The molecule has 0 amide bonds. The van der Waals surface area contributed by atoms with Crippen molar-refractivity contribution in [3.8, 4) is 0 Å². The highest BCUT2D eigenvalue weighted by Crippen LogP contribution is 2.11. The first-order valence-corrected chi connectivity index (χ1v) is 6.38. The van der Waals surface area contributed by atoms with Crippen LogP contribution in [0.4, 0.5) is 5.69 Å². The van der Waals surface area contributed by atoms with Crippen LogP contribution in [0.15, 0.2) is 17.1 Å². The number of hydrogen-bond donors (Lipinski definition) is 1. The molecule has 0 aromatic carbocycles. The fourth-order valence-electron chi connectivity index (χ4n) is 1.80. The van der Waals surface area contributed by atoms with E-state index in [-0.39, 0.29) is 18.0 Å². The fraction of sp³-hybridized carbons (Fsp3) is 0.636. The largest absolute Gasteiger partial charge is 0.390 e. The maximum Gasteiger partial charge on any atom is 0.268 e. The molecule has 2 rings (SSSR count). The van der Waals surface area contributed by atoms with Gasteiger partial charge in [0.05, 0.1) is 43.6 Å². The Morgan fingerprint density at radius 2 is 2.22 bits per heavy atom. The SMILES string of the molecule is O=c1cc(N2CCOCC2)cnn1CC(O)CCl. The summed E-state index contributed by atoms with van der Waals surface area (Å²) < 4.78 is 6.47. The molecule has 1 aliphatic rings. The molecule has 0 spiro atoms. The van der Waals surface area contributed by atoms with E-state index in [2.05, 4.69) is 10.00 Å². The average Bonchev–Trinajstić information content (AvgIpc) is 2.42. The summed E-state index contributed by atoms with van der Waals surface area (Å²) in [7, 11) is 0. The van der Waals surface area contributed by atoms with Crippen molar-refractivity contribution in [2.75, 3.05) is 37.1 Å². The predicted molar refractivity (Wildman–Crippen MR) is 68.3 cm³/mol. The number of nitrogens with zero attached hydrogens (tertiary/aromatic N) is 3. The van der Waals surface area contributed by atoms with Gasteiger partial charge in [0.1, 0.15) is 0 Å². The van der Waals surface area contributed by atoms with Crippen LogP contribution in [0.2, 0.25) is 0 Å². The van der Waals surface area contributed by atoms with E-state index in [0.29, 0.717) is 13.2 Å². The Hall–Kier alpha value is -1.11. The summed E-state index contributed by atoms with van der Waals surface area (Å²) in [5, 5.41) is 13.4. The molecule has 7 heteroatoms. The van der Waals surface area contributed by atoms with Crippen molar-refractivity contribution in [3.63, 3.8) is 0 Å². The molecule has 1 aliphatic heterocycles. The molecule has 0 radical (unpaired) electrons. The predicted octanol–water partition coefficient (Wildman–Crippen LogP) is -0.320. The van der Waals surface area contributed by atoms with Gasteiger partial charge in [-0.1, -0.05) is 0 Å². The van der Waals surface area contributed by atoms with Gasteiger partial charge < -0.3 is 14.7 Å². The standard InChI is InChI=1S/C11H16ClN3O3/c12-6-10(16)8-15-11(17)5-9(7-13-15)14-1-3-18-4-2-14/h5,7,10,16H,1-4,6,8H2. The molecular weight excluding hydrogens is 258 g/mol. The zero-order chi connectivity index (χ0) is 13.0. The summed E-state index contributed by atoms with van der Waals surface area (Å²) in [6, 6.07) is 1.53. The lowest BCUT2D eigenvalue weighted by molar-refractivity contribution is 0.122. The highest BCUT2D eigenvalue weighted by atomic mass is 35.5. The first-order chi connectivity index (χ1) is 8.70. The van der Waals surface area contributed by atoms with E-state index in [9.17, 15) is 9.90 Å². The van der Waals surface area contributed by atoms with Gasteiger partial charge in [0.2, 0.25) is 0 Å². The first kappa shape index (κ1) is 13.3. The van der Waals surface area contributed by atoms with Crippen molar-refractivity contribution >= 4 is 17.3 Å². The lowest BCUT2D eigenvalue weighted by Crippen LogP contribution is -2.38. The van der Waals surface area contributed by atoms with Crippen molar-refractivity contribution in [3.05, 3.63) is 22.6 Å². The normalized spacial score (nSPS) is 17.8. The number of aliphatic hydroxyl groups excluding tert-OH is 1. The third kappa shape index (κ3) is 3.22. The van der Waals surface area contributed by atoms with Gasteiger partial charge in [-0.15, -0.1) is 11.6 Å². The van der Waals surface area contributed by atoms with Crippen LogP contribution in [0, 0.1) is 0 Å². The lowest BCUT2D eigenvalue weighted by Gasteiger charge is -2.28. The van der Waals surface area contributed by atoms with Gasteiger partial charge in [0, 0.05) is 19.2 Å². The van der Waals surface area contributed by atoms with Gasteiger partial charge in [-0.05, 0) is 0 Å². The topological polar surface area (TPSA) is 67.6 Å². The molecule has 0 saturated carbocycles. The van der Waals surface area contributed by atoms with Gasteiger partial charge in [-0.2, -0.15) is 5.10 Å². The Bertz CT molecular complexity index is 445. The molecule has 18 heavy (non-hydrogen) atoms. The summed E-state index contributed by atoms with van der Waals surface area (Å²) in [4.78, 5) is 13.9. The van der Waals surface area contributed by atoms with E-state index in [1.54, 1.807) is 6.20 Å². The van der Waals surface area contributed by atoms with Crippen LogP contribution in [-0.2, 0) is 11.3 Å². The summed E-state index contributed by atoms with van der Waals surface area (Å²) in [6.45, 7) is 2.96. The molecule has 1 aromatic rings. The van der Waals surface area contributed by atoms with Crippen LogP contribution in [0.5, 0.6) is 0 Å². The molecule has 1 atom stereocenters. The minimum atomic E-state index is -0.758. The molecule has 6 nitrogen and oxygen atoms in total. The second-order valence-corrected chi connectivity index (χ2v) is 4.45. The van der Waals surface area contributed by atoms with Crippen LogP contribution < -0.4 is 10.5 Å². The number of alkyl halides is 1. The second kappa shape index (κ2) is 6.17. The number of ether oxygens (including phenoxy) is 1. The van der Waals surface area contributed by atoms with Crippen molar-refractivity contribution in [2.24, 2.45) is 0 Å². The molecule has 2 heterocycles. The first-order valence-electron chi connectivity index (χ1n) is 5.84. The maximum absolute atomic E-state index is 11.8. The van der Waals surface area contributed by atoms with Crippen molar-refractivity contribution < 1.29 is 9.84 Å². The molecular formula is C11H16ClN3O3. The van der Waals surface area contributed by atoms with Crippen LogP contribution in [-0.4, -0.2) is 53.2 Å². The van der Waals surface area contributed by atoms with Gasteiger partial charge in [0.15, 0.2) is 0 Å². The highest BCUT2D eigenvalue weighted by molar-refractivity contribution is 6.18. The zero-order valence-electron chi connectivity index (χ0n) is 9.96. The van der Waals surface area contributed by atoms with Gasteiger partial charge in [-0.3, -0.25) is 4.79 Å². The Morgan fingerprint density at radius 3 is 2.83 bits per heavy atom. The van der Waals surface area contributed by atoms with E-state index in [0.717, 1.165) is 18.8 Å². The summed E-state index contributed by atoms with van der Waals surface area (Å²) in [5.41, 5.74) is 0.558. The van der Waals surface area contributed by atoms with Gasteiger partial charge in [0.25, 0.3) is 5.56 Å². The van der Waals surface area contributed by atoms with Crippen molar-refractivity contribution in [1.82, 2.24) is 9.78 Å². The third-order valence-electron chi connectivity index (χ3n) is 2.79. The van der Waals surface area contributed by atoms with E-state index in [4.69, 9.17) is 16.3 Å². The lowest BCUT2D eigenvalue weighted by atomic mass is 10.3. The number of rotatable bonds is 4. The molecule has 100 valence electrons.